The van der Waals surface area contributed by atoms with Crippen LogP contribution < -0.4 is 4.74 Å². The van der Waals surface area contributed by atoms with E-state index >= 15 is 0 Å². The SMILES string of the molecule is Cc1cc(C(=O)Cc2ccc(OC(F)(F)F)cc2)c(C)o1. The molecule has 0 N–H and O–H groups in total. The molecule has 0 spiro atoms. The number of alkyl halides is 3. The van der Waals surface area contributed by atoms with E-state index in [4.69, 9.17) is 4.42 Å². The molecule has 2 aromatic rings. The number of ketones is 1. The molecule has 0 saturated carbocycles. The van der Waals surface area contributed by atoms with Gasteiger partial charge < -0.3 is 9.15 Å². The summed E-state index contributed by atoms with van der Waals surface area (Å²) >= 11 is 0. The lowest BCUT2D eigenvalue weighted by Gasteiger charge is -2.09. The summed E-state index contributed by atoms with van der Waals surface area (Å²) < 4.78 is 45.2. The van der Waals surface area contributed by atoms with E-state index in [0.29, 0.717) is 22.6 Å². The number of hydrogen-bond donors (Lipinski definition) is 0. The summed E-state index contributed by atoms with van der Waals surface area (Å²) in [5.41, 5.74) is 1.09. The number of hydrogen-bond acceptors (Lipinski definition) is 3. The van der Waals surface area contributed by atoms with Crippen molar-refractivity contribution in [1.82, 2.24) is 0 Å². The molecule has 1 aromatic carbocycles. The highest BCUT2D eigenvalue weighted by molar-refractivity contribution is 5.98. The number of carbonyl (C=O) groups is 1. The van der Waals surface area contributed by atoms with Gasteiger partial charge in [0.25, 0.3) is 0 Å². The van der Waals surface area contributed by atoms with Crippen LogP contribution in [0.5, 0.6) is 5.75 Å². The number of rotatable bonds is 4. The van der Waals surface area contributed by atoms with Crippen molar-refractivity contribution in [3.8, 4) is 5.75 Å². The summed E-state index contributed by atoms with van der Waals surface area (Å²) in [7, 11) is 0. The zero-order chi connectivity index (χ0) is 15.6. The fourth-order valence-electron chi connectivity index (χ4n) is 2.00. The summed E-state index contributed by atoms with van der Waals surface area (Å²) in [5, 5.41) is 0. The van der Waals surface area contributed by atoms with Gasteiger partial charge >= 0.3 is 6.36 Å². The summed E-state index contributed by atoms with van der Waals surface area (Å²) in [6.07, 6.45) is -4.63. The highest BCUT2D eigenvalue weighted by Gasteiger charge is 2.30. The molecule has 0 atom stereocenters. The molecule has 3 nitrogen and oxygen atoms in total. The Morgan fingerprint density at radius 2 is 1.81 bits per heavy atom. The fourth-order valence-corrected chi connectivity index (χ4v) is 2.00. The Balaban J connectivity index is 2.07. The van der Waals surface area contributed by atoms with E-state index in [1.54, 1.807) is 19.9 Å². The number of furan rings is 1. The van der Waals surface area contributed by atoms with Gasteiger partial charge in [-0.15, -0.1) is 13.2 Å². The molecule has 0 saturated heterocycles. The Hall–Kier alpha value is -2.24. The standard InChI is InChI=1S/C15H13F3O3/c1-9-7-13(10(2)20-9)14(19)8-11-3-5-12(6-4-11)21-15(16,17)18/h3-7H,8H2,1-2H3. The second kappa shape index (κ2) is 5.63. The lowest BCUT2D eigenvalue weighted by Crippen LogP contribution is -2.17. The second-order valence-electron chi connectivity index (χ2n) is 4.62. The topological polar surface area (TPSA) is 39.4 Å². The fraction of sp³-hybridized carbons (Fsp3) is 0.267. The third-order valence-electron chi connectivity index (χ3n) is 2.86. The van der Waals surface area contributed by atoms with Crippen LogP contribution >= 0.6 is 0 Å². The maximum absolute atomic E-state index is 12.1. The van der Waals surface area contributed by atoms with Crippen LogP contribution in [0.2, 0.25) is 0 Å². The first-order valence-corrected chi connectivity index (χ1v) is 6.19. The van der Waals surface area contributed by atoms with Gasteiger partial charge in [0.05, 0.1) is 5.56 Å². The van der Waals surface area contributed by atoms with Gasteiger partial charge in [0.1, 0.15) is 17.3 Å². The van der Waals surface area contributed by atoms with E-state index in [-0.39, 0.29) is 18.0 Å². The van der Waals surface area contributed by atoms with E-state index in [1.165, 1.54) is 24.3 Å². The molecule has 0 aliphatic carbocycles. The minimum absolute atomic E-state index is 0.0894. The Bertz CT molecular complexity index is 639. The minimum Gasteiger partial charge on any atom is -0.466 e. The molecular formula is C15H13F3O3. The van der Waals surface area contributed by atoms with Crippen LogP contribution in [0.25, 0.3) is 0 Å². The van der Waals surface area contributed by atoms with Crippen molar-refractivity contribution in [1.29, 1.82) is 0 Å². The van der Waals surface area contributed by atoms with Crippen molar-refractivity contribution < 1.29 is 27.1 Å². The monoisotopic (exact) mass is 298 g/mol. The Kier molecular flexibility index (Phi) is 4.06. The average Bonchev–Trinajstić information content (AvgIpc) is 2.69. The van der Waals surface area contributed by atoms with Crippen LogP contribution in [-0.2, 0) is 6.42 Å². The molecule has 6 heteroatoms. The molecule has 0 bridgehead atoms. The van der Waals surface area contributed by atoms with Gasteiger partial charge in [-0.2, -0.15) is 0 Å². The molecule has 0 amide bonds. The Labute approximate surface area is 119 Å². The number of carbonyl (C=O) groups excluding carboxylic acids is 1. The molecular weight excluding hydrogens is 285 g/mol. The molecule has 0 unspecified atom stereocenters. The molecule has 21 heavy (non-hydrogen) atoms. The van der Waals surface area contributed by atoms with Crippen LogP contribution in [0.1, 0.15) is 27.4 Å². The van der Waals surface area contributed by atoms with Gasteiger partial charge in [-0.3, -0.25) is 4.79 Å². The lowest BCUT2D eigenvalue weighted by atomic mass is 10.0. The predicted molar refractivity (Wildman–Crippen MR) is 69.3 cm³/mol. The molecule has 0 radical (unpaired) electrons. The summed E-state index contributed by atoms with van der Waals surface area (Å²) in [4.78, 5) is 12.1. The molecule has 1 heterocycles. The number of benzene rings is 1. The second-order valence-corrected chi connectivity index (χ2v) is 4.62. The maximum atomic E-state index is 12.1. The first kappa shape index (κ1) is 15.2. The highest BCUT2D eigenvalue weighted by atomic mass is 19.4. The average molecular weight is 298 g/mol. The quantitative estimate of drug-likeness (QED) is 0.793. The predicted octanol–water partition coefficient (Wildman–Crippen LogP) is 4.22. The summed E-state index contributed by atoms with van der Waals surface area (Å²) in [6, 6.07) is 6.88. The Morgan fingerprint density at radius 3 is 2.29 bits per heavy atom. The molecule has 0 fully saturated rings. The first-order chi connectivity index (χ1) is 9.74. The van der Waals surface area contributed by atoms with E-state index in [9.17, 15) is 18.0 Å². The van der Waals surface area contributed by atoms with Crippen molar-refractivity contribution in [2.45, 2.75) is 26.6 Å². The minimum atomic E-state index is -4.72. The van der Waals surface area contributed by atoms with Gasteiger partial charge in [0, 0.05) is 6.42 Å². The van der Waals surface area contributed by atoms with Gasteiger partial charge in [0.15, 0.2) is 5.78 Å². The van der Waals surface area contributed by atoms with E-state index < -0.39 is 6.36 Å². The molecule has 0 aliphatic heterocycles. The van der Waals surface area contributed by atoms with Gasteiger partial charge in [-0.1, -0.05) is 12.1 Å². The van der Waals surface area contributed by atoms with E-state index in [0.717, 1.165) is 0 Å². The van der Waals surface area contributed by atoms with Crippen LogP contribution in [0, 0.1) is 13.8 Å². The number of halogens is 3. The number of ether oxygens (including phenoxy) is 1. The number of aryl methyl sites for hydroxylation is 2. The number of Topliss-reactive ketones (excluding diaryl/α,β-unsaturated/α-hetero) is 1. The van der Waals surface area contributed by atoms with Crippen molar-refractivity contribution in [2.75, 3.05) is 0 Å². The van der Waals surface area contributed by atoms with Crippen LogP contribution in [0.15, 0.2) is 34.7 Å². The molecule has 0 aliphatic rings. The first-order valence-electron chi connectivity index (χ1n) is 6.19. The van der Waals surface area contributed by atoms with Crippen molar-refractivity contribution in [2.24, 2.45) is 0 Å². The largest absolute Gasteiger partial charge is 0.573 e. The van der Waals surface area contributed by atoms with E-state index in [1.807, 2.05) is 0 Å². The zero-order valence-corrected chi connectivity index (χ0v) is 11.5. The maximum Gasteiger partial charge on any atom is 0.573 e. The van der Waals surface area contributed by atoms with Crippen molar-refractivity contribution in [3.63, 3.8) is 0 Å². The Morgan fingerprint density at radius 1 is 1.19 bits per heavy atom. The molecule has 112 valence electrons. The van der Waals surface area contributed by atoms with Crippen LogP contribution in [0.3, 0.4) is 0 Å². The van der Waals surface area contributed by atoms with Crippen molar-refractivity contribution in [3.05, 3.63) is 53.0 Å². The van der Waals surface area contributed by atoms with E-state index in [2.05, 4.69) is 4.74 Å². The van der Waals surface area contributed by atoms with Crippen LogP contribution in [0.4, 0.5) is 13.2 Å². The van der Waals surface area contributed by atoms with Crippen LogP contribution in [-0.4, -0.2) is 12.1 Å². The van der Waals surface area contributed by atoms with Gasteiger partial charge in [-0.05, 0) is 37.6 Å². The summed E-state index contributed by atoms with van der Waals surface area (Å²) in [6.45, 7) is 3.44. The summed E-state index contributed by atoms with van der Waals surface area (Å²) in [5.74, 6) is 0.724. The van der Waals surface area contributed by atoms with Gasteiger partial charge in [-0.25, -0.2) is 0 Å². The smallest absolute Gasteiger partial charge is 0.466 e. The third-order valence-corrected chi connectivity index (χ3v) is 2.86. The lowest BCUT2D eigenvalue weighted by molar-refractivity contribution is -0.274. The normalized spacial score (nSPS) is 11.5. The third kappa shape index (κ3) is 4.11. The molecule has 1 aromatic heterocycles. The van der Waals surface area contributed by atoms with Crippen molar-refractivity contribution >= 4 is 5.78 Å². The highest BCUT2D eigenvalue weighted by Crippen LogP contribution is 2.23. The molecule has 2 rings (SSSR count). The zero-order valence-electron chi connectivity index (χ0n) is 11.5. The van der Waals surface area contributed by atoms with Gasteiger partial charge in [0.2, 0.25) is 0 Å².